The zero-order valence-corrected chi connectivity index (χ0v) is 10.4. The minimum atomic E-state index is 1.04. The van der Waals surface area contributed by atoms with E-state index in [0.717, 1.165) is 23.7 Å². The number of hydrogen-bond donors (Lipinski definition) is 0. The summed E-state index contributed by atoms with van der Waals surface area (Å²) >= 11 is 0. The first-order valence-corrected chi connectivity index (χ1v) is 6.96. The van der Waals surface area contributed by atoms with Gasteiger partial charge in [0.15, 0.2) is 0 Å². The molecular formula is C15H26. The highest BCUT2D eigenvalue weighted by Crippen LogP contribution is 2.44. The fourth-order valence-electron chi connectivity index (χ4n) is 2.82. The van der Waals surface area contributed by atoms with Gasteiger partial charge in [-0.25, -0.2) is 0 Å². The van der Waals surface area contributed by atoms with Crippen LogP contribution in [0.3, 0.4) is 0 Å². The minimum absolute atomic E-state index is 1.04. The van der Waals surface area contributed by atoms with Crippen molar-refractivity contribution >= 4 is 0 Å². The molecule has 0 aliphatic heterocycles. The summed E-state index contributed by atoms with van der Waals surface area (Å²) in [6.07, 6.45) is 14.9. The average Bonchev–Trinajstić information content (AvgIpc) is 3.08. The van der Waals surface area contributed by atoms with Crippen LogP contribution < -0.4 is 0 Å². The molecule has 0 saturated heterocycles. The SMILES string of the molecule is CCCC1CC1CC=CCCC1CC1C. The fraction of sp³-hybridized carbons (Fsp3) is 0.867. The van der Waals surface area contributed by atoms with Gasteiger partial charge in [-0.15, -0.1) is 0 Å². The zero-order chi connectivity index (χ0) is 10.7. The molecule has 0 heterocycles. The van der Waals surface area contributed by atoms with E-state index in [1.807, 2.05) is 0 Å². The van der Waals surface area contributed by atoms with Gasteiger partial charge in [0, 0.05) is 0 Å². The first-order valence-electron chi connectivity index (χ1n) is 6.96. The van der Waals surface area contributed by atoms with Crippen LogP contribution in [0.5, 0.6) is 0 Å². The Bertz CT molecular complexity index is 216. The zero-order valence-electron chi connectivity index (χ0n) is 10.4. The summed E-state index contributed by atoms with van der Waals surface area (Å²) in [4.78, 5) is 0. The predicted octanol–water partition coefficient (Wildman–Crippen LogP) is 4.81. The summed E-state index contributed by atoms with van der Waals surface area (Å²) in [5.41, 5.74) is 0. The van der Waals surface area contributed by atoms with E-state index >= 15 is 0 Å². The lowest BCUT2D eigenvalue weighted by molar-refractivity contribution is 0.635. The molecule has 0 nitrogen and oxygen atoms in total. The quantitative estimate of drug-likeness (QED) is 0.525. The number of hydrogen-bond acceptors (Lipinski definition) is 0. The molecule has 0 spiro atoms. The Morgan fingerprint density at radius 3 is 2.47 bits per heavy atom. The standard InChI is InChI=1S/C15H26/c1-3-7-14-11-15(14)9-6-4-5-8-13-10-12(13)2/h4,6,12-15H,3,5,7-11H2,1-2H3. The molecular weight excluding hydrogens is 180 g/mol. The molecule has 2 aliphatic carbocycles. The second kappa shape index (κ2) is 5.18. The highest BCUT2D eigenvalue weighted by molar-refractivity contribution is 4.94. The fourth-order valence-corrected chi connectivity index (χ4v) is 2.82. The highest BCUT2D eigenvalue weighted by atomic mass is 14.4. The number of rotatable bonds is 7. The third-order valence-corrected chi connectivity index (χ3v) is 4.31. The van der Waals surface area contributed by atoms with Crippen LogP contribution in [0.2, 0.25) is 0 Å². The third-order valence-electron chi connectivity index (χ3n) is 4.31. The summed E-state index contributed by atoms with van der Waals surface area (Å²) in [7, 11) is 0. The molecule has 0 N–H and O–H groups in total. The normalized spacial score (nSPS) is 38.5. The summed E-state index contributed by atoms with van der Waals surface area (Å²) in [5, 5.41) is 0. The molecule has 15 heavy (non-hydrogen) atoms. The van der Waals surface area contributed by atoms with Gasteiger partial charge in [0.1, 0.15) is 0 Å². The third kappa shape index (κ3) is 3.66. The van der Waals surface area contributed by atoms with Gasteiger partial charge < -0.3 is 0 Å². The first-order chi connectivity index (χ1) is 7.31. The molecule has 0 aromatic carbocycles. The molecule has 2 rings (SSSR count). The van der Waals surface area contributed by atoms with Crippen LogP contribution in [0, 0.1) is 23.7 Å². The van der Waals surface area contributed by atoms with Crippen molar-refractivity contribution in [3.05, 3.63) is 12.2 Å². The Morgan fingerprint density at radius 1 is 1.00 bits per heavy atom. The van der Waals surface area contributed by atoms with Crippen molar-refractivity contribution in [2.75, 3.05) is 0 Å². The van der Waals surface area contributed by atoms with Crippen LogP contribution >= 0.6 is 0 Å². The Balaban J connectivity index is 1.46. The van der Waals surface area contributed by atoms with Crippen molar-refractivity contribution in [3.8, 4) is 0 Å². The van der Waals surface area contributed by atoms with E-state index in [1.54, 1.807) is 0 Å². The van der Waals surface area contributed by atoms with Crippen LogP contribution in [0.15, 0.2) is 12.2 Å². The second-order valence-corrected chi connectivity index (χ2v) is 5.80. The Hall–Kier alpha value is -0.260. The number of allylic oxidation sites excluding steroid dienone is 2. The molecule has 0 aromatic rings. The lowest BCUT2D eigenvalue weighted by Crippen LogP contribution is -1.81. The van der Waals surface area contributed by atoms with E-state index in [1.165, 1.54) is 44.9 Å². The molecule has 2 saturated carbocycles. The predicted molar refractivity (Wildman–Crippen MR) is 66.8 cm³/mol. The van der Waals surface area contributed by atoms with Crippen LogP contribution in [0.1, 0.15) is 58.8 Å². The van der Waals surface area contributed by atoms with Crippen molar-refractivity contribution < 1.29 is 0 Å². The van der Waals surface area contributed by atoms with Gasteiger partial charge in [-0.2, -0.15) is 0 Å². The second-order valence-electron chi connectivity index (χ2n) is 5.80. The van der Waals surface area contributed by atoms with Crippen LogP contribution in [-0.4, -0.2) is 0 Å². The van der Waals surface area contributed by atoms with Gasteiger partial charge >= 0.3 is 0 Å². The Labute approximate surface area is 95.1 Å². The Kier molecular flexibility index (Phi) is 3.88. The topological polar surface area (TPSA) is 0 Å². The van der Waals surface area contributed by atoms with Crippen molar-refractivity contribution in [1.29, 1.82) is 0 Å². The summed E-state index contributed by atoms with van der Waals surface area (Å²) in [6.45, 7) is 4.69. The van der Waals surface area contributed by atoms with E-state index in [-0.39, 0.29) is 0 Å². The molecule has 0 radical (unpaired) electrons. The van der Waals surface area contributed by atoms with Crippen LogP contribution in [-0.2, 0) is 0 Å². The van der Waals surface area contributed by atoms with E-state index in [9.17, 15) is 0 Å². The van der Waals surface area contributed by atoms with E-state index < -0.39 is 0 Å². The molecule has 0 bridgehead atoms. The first kappa shape index (κ1) is 11.2. The van der Waals surface area contributed by atoms with Gasteiger partial charge in [0.05, 0.1) is 0 Å². The molecule has 4 unspecified atom stereocenters. The maximum absolute atomic E-state index is 2.45. The molecule has 2 aliphatic rings. The lowest BCUT2D eigenvalue weighted by atomic mass is 10.1. The van der Waals surface area contributed by atoms with Gasteiger partial charge in [-0.05, 0) is 55.8 Å². The van der Waals surface area contributed by atoms with E-state index in [2.05, 4.69) is 26.0 Å². The maximum Gasteiger partial charge on any atom is -0.0319 e. The van der Waals surface area contributed by atoms with E-state index in [0.29, 0.717) is 0 Å². The summed E-state index contributed by atoms with van der Waals surface area (Å²) < 4.78 is 0. The molecule has 2 fully saturated rings. The van der Waals surface area contributed by atoms with E-state index in [4.69, 9.17) is 0 Å². The van der Waals surface area contributed by atoms with Crippen molar-refractivity contribution in [2.45, 2.75) is 58.8 Å². The molecule has 4 atom stereocenters. The molecule has 0 heteroatoms. The van der Waals surface area contributed by atoms with Gasteiger partial charge in [-0.3, -0.25) is 0 Å². The highest BCUT2D eigenvalue weighted by Gasteiger charge is 2.34. The summed E-state index contributed by atoms with van der Waals surface area (Å²) in [6, 6.07) is 0. The maximum atomic E-state index is 2.45. The average molecular weight is 206 g/mol. The minimum Gasteiger partial charge on any atom is -0.0885 e. The van der Waals surface area contributed by atoms with Crippen molar-refractivity contribution in [3.63, 3.8) is 0 Å². The largest absolute Gasteiger partial charge is 0.0885 e. The Morgan fingerprint density at radius 2 is 1.80 bits per heavy atom. The molecule has 0 amide bonds. The van der Waals surface area contributed by atoms with Gasteiger partial charge in [0.2, 0.25) is 0 Å². The van der Waals surface area contributed by atoms with Crippen LogP contribution in [0.25, 0.3) is 0 Å². The molecule has 0 aromatic heterocycles. The van der Waals surface area contributed by atoms with Gasteiger partial charge in [0.25, 0.3) is 0 Å². The molecule has 86 valence electrons. The monoisotopic (exact) mass is 206 g/mol. The van der Waals surface area contributed by atoms with Gasteiger partial charge in [-0.1, -0.05) is 38.8 Å². The lowest BCUT2D eigenvalue weighted by Gasteiger charge is -1.94. The van der Waals surface area contributed by atoms with Crippen LogP contribution in [0.4, 0.5) is 0 Å². The smallest absolute Gasteiger partial charge is 0.0319 e. The summed E-state index contributed by atoms with van der Waals surface area (Å²) in [5.74, 6) is 4.25. The van der Waals surface area contributed by atoms with Crippen molar-refractivity contribution in [2.24, 2.45) is 23.7 Å². The van der Waals surface area contributed by atoms with Crippen molar-refractivity contribution in [1.82, 2.24) is 0 Å².